The molecule has 2 aliphatic heterocycles. The molecule has 0 spiro atoms. The van der Waals surface area contributed by atoms with Crippen molar-refractivity contribution in [2.45, 2.75) is 39.5 Å². The number of rotatable bonds is 2. The number of carbonyl (C=O) groups excluding carboxylic acids is 2. The van der Waals surface area contributed by atoms with Crippen LogP contribution in [0.15, 0.2) is 24.3 Å². The Bertz CT molecular complexity index is 543. The third-order valence-electron chi connectivity index (χ3n) is 5.27. The average Bonchev–Trinajstić information content (AvgIpc) is 2.60. The highest BCUT2D eigenvalue weighted by molar-refractivity contribution is 5.97. The van der Waals surface area contributed by atoms with E-state index in [4.69, 9.17) is 0 Å². The van der Waals surface area contributed by atoms with Gasteiger partial charge in [-0.1, -0.05) is 13.8 Å². The lowest BCUT2D eigenvalue weighted by Crippen LogP contribution is -2.39. The molecule has 2 aliphatic rings. The van der Waals surface area contributed by atoms with Crippen molar-refractivity contribution in [1.82, 2.24) is 9.80 Å². The fourth-order valence-electron chi connectivity index (χ4n) is 3.87. The maximum atomic E-state index is 12.6. The van der Waals surface area contributed by atoms with Gasteiger partial charge in [0.05, 0.1) is 0 Å². The zero-order chi connectivity index (χ0) is 17.1. The highest BCUT2D eigenvalue weighted by atomic mass is 16.2. The van der Waals surface area contributed by atoms with Crippen LogP contribution in [0.3, 0.4) is 0 Å². The second kappa shape index (κ2) is 7.37. The molecule has 2 atom stereocenters. The van der Waals surface area contributed by atoms with Gasteiger partial charge >= 0.3 is 0 Å². The Labute approximate surface area is 144 Å². The number of hydrogen-bond donors (Lipinski definition) is 0. The predicted molar refractivity (Wildman–Crippen MR) is 95.0 cm³/mol. The first kappa shape index (κ1) is 17.0. The van der Waals surface area contributed by atoms with Crippen LogP contribution in [0.5, 0.6) is 0 Å². The Balaban J connectivity index is 1.66. The number of piperidine rings is 2. The fourth-order valence-corrected chi connectivity index (χ4v) is 3.87. The minimum atomic E-state index is 0.0899. The zero-order valence-corrected chi connectivity index (χ0v) is 14.8. The number of carbonyl (C=O) groups is 2. The van der Waals surface area contributed by atoms with Gasteiger partial charge in [-0.2, -0.15) is 0 Å². The Hall–Kier alpha value is -1.84. The third-order valence-corrected chi connectivity index (χ3v) is 5.27. The highest BCUT2D eigenvalue weighted by Gasteiger charge is 2.24. The largest absolute Gasteiger partial charge is 0.338 e. The molecule has 0 saturated carbocycles. The van der Waals surface area contributed by atoms with Crippen LogP contribution in [0, 0.1) is 11.8 Å². The first-order valence-electron chi connectivity index (χ1n) is 9.23. The number of benzene rings is 1. The van der Waals surface area contributed by atoms with E-state index in [1.165, 1.54) is 12.8 Å². The molecule has 0 aliphatic carbocycles. The molecule has 24 heavy (non-hydrogen) atoms. The van der Waals surface area contributed by atoms with E-state index in [9.17, 15) is 9.59 Å². The molecule has 0 radical (unpaired) electrons. The summed E-state index contributed by atoms with van der Waals surface area (Å²) in [5.74, 6) is 1.33. The molecular weight excluding hydrogens is 300 g/mol. The zero-order valence-electron chi connectivity index (χ0n) is 14.8. The predicted octanol–water partition coefficient (Wildman–Crippen LogP) is 3.43. The molecule has 4 heteroatoms. The molecule has 2 fully saturated rings. The van der Waals surface area contributed by atoms with E-state index in [0.717, 1.165) is 39.0 Å². The van der Waals surface area contributed by atoms with Gasteiger partial charge < -0.3 is 9.80 Å². The molecule has 1 aromatic rings. The summed E-state index contributed by atoms with van der Waals surface area (Å²) in [4.78, 5) is 29.1. The van der Waals surface area contributed by atoms with Crippen LogP contribution >= 0.6 is 0 Å². The summed E-state index contributed by atoms with van der Waals surface area (Å²) in [5.41, 5.74) is 1.38. The Kier molecular flexibility index (Phi) is 5.22. The van der Waals surface area contributed by atoms with Gasteiger partial charge in [0.25, 0.3) is 11.8 Å². The minimum Gasteiger partial charge on any atom is -0.338 e. The summed E-state index contributed by atoms with van der Waals surface area (Å²) in [7, 11) is 0. The molecule has 3 rings (SSSR count). The lowest BCUT2D eigenvalue weighted by Gasteiger charge is -2.31. The Morgan fingerprint density at radius 2 is 1.17 bits per heavy atom. The van der Waals surface area contributed by atoms with E-state index < -0.39 is 0 Å². The van der Waals surface area contributed by atoms with E-state index in [1.54, 1.807) is 0 Å². The Morgan fingerprint density at radius 3 is 1.50 bits per heavy atom. The molecule has 0 bridgehead atoms. The summed E-state index contributed by atoms with van der Waals surface area (Å²) < 4.78 is 0. The van der Waals surface area contributed by atoms with Gasteiger partial charge in [-0.3, -0.25) is 9.59 Å². The lowest BCUT2D eigenvalue weighted by atomic mass is 9.98. The van der Waals surface area contributed by atoms with Crippen LogP contribution in [0.4, 0.5) is 0 Å². The molecular formula is C20H28N2O2. The highest BCUT2D eigenvalue weighted by Crippen LogP contribution is 2.20. The molecule has 0 N–H and O–H groups in total. The number of amides is 2. The molecule has 2 unspecified atom stereocenters. The van der Waals surface area contributed by atoms with Crippen molar-refractivity contribution < 1.29 is 9.59 Å². The monoisotopic (exact) mass is 328 g/mol. The quantitative estimate of drug-likeness (QED) is 0.834. The van der Waals surface area contributed by atoms with Crippen LogP contribution in [-0.2, 0) is 0 Å². The SMILES string of the molecule is CC1CCCN(C(=O)c2ccc(C(=O)N3CCCC(C)C3)cc2)C1. The van der Waals surface area contributed by atoms with Gasteiger partial charge in [-0.15, -0.1) is 0 Å². The van der Waals surface area contributed by atoms with Crippen molar-refractivity contribution in [2.24, 2.45) is 11.8 Å². The van der Waals surface area contributed by atoms with Crippen molar-refractivity contribution in [2.75, 3.05) is 26.2 Å². The summed E-state index contributed by atoms with van der Waals surface area (Å²) in [6.45, 7) is 7.75. The molecule has 2 heterocycles. The smallest absolute Gasteiger partial charge is 0.253 e. The summed E-state index contributed by atoms with van der Waals surface area (Å²) in [6, 6.07) is 7.23. The molecule has 2 amide bonds. The van der Waals surface area contributed by atoms with E-state index >= 15 is 0 Å². The lowest BCUT2D eigenvalue weighted by molar-refractivity contribution is 0.0672. The summed E-state index contributed by atoms with van der Waals surface area (Å²) in [5, 5.41) is 0. The van der Waals surface area contributed by atoms with Crippen molar-refractivity contribution in [3.63, 3.8) is 0 Å². The number of nitrogens with zero attached hydrogens (tertiary/aromatic N) is 2. The molecule has 4 nitrogen and oxygen atoms in total. The average molecular weight is 328 g/mol. The van der Waals surface area contributed by atoms with Gasteiger partial charge in [-0.25, -0.2) is 0 Å². The van der Waals surface area contributed by atoms with E-state index in [1.807, 2.05) is 34.1 Å². The van der Waals surface area contributed by atoms with Gasteiger partial charge in [0.1, 0.15) is 0 Å². The van der Waals surface area contributed by atoms with Crippen molar-refractivity contribution >= 4 is 11.8 Å². The van der Waals surface area contributed by atoms with Crippen molar-refractivity contribution in [3.8, 4) is 0 Å². The Morgan fingerprint density at radius 1 is 0.792 bits per heavy atom. The van der Waals surface area contributed by atoms with Crippen LogP contribution in [0.1, 0.15) is 60.2 Å². The van der Waals surface area contributed by atoms with Gasteiger partial charge in [0.2, 0.25) is 0 Å². The van der Waals surface area contributed by atoms with Gasteiger partial charge in [-0.05, 0) is 61.8 Å². The maximum absolute atomic E-state index is 12.6. The second-order valence-corrected chi connectivity index (χ2v) is 7.57. The van der Waals surface area contributed by atoms with Gasteiger partial charge in [0.15, 0.2) is 0 Å². The van der Waals surface area contributed by atoms with Crippen molar-refractivity contribution in [3.05, 3.63) is 35.4 Å². The topological polar surface area (TPSA) is 40.6 Å². The van der Waals surface area contributed by atoms with Gasteiger partial charge in [0, 0.05) is 37.3 Å². The van der Waals surface area contributed by atoms with Crippen LogP contribution in [0.25, 0.3) is 0 Å². The van der Waals surface area contributed by atoms with Crippen molar-refractivity contribution in [1.29, 1.82) is 0 Å². The van der Waals surface area contributed by atoms with E-state index in [-0.39, 0.29) is 11.8 Å². The maximum Gasteiger partial charge on any atom is 0.253 e. The fraction of sp³-hybridized carbons (Fsp3) is 0.600. The molecule has 130 valence electrons. The number of hydrogen-bond acceptors (Lipinski definition) is 2. The third kappa shape index (κ3) is 3.80. The first-order chi connectivity index (χ1) is 11.5. The normalized spacial score (nSPS) is 24.8. The number of likely N-dealkylation sites (tertiary alicyclic amines) is 2. The van der Waals surface area contributed by atoms with Crippen LogP contribution < -0.4 is 0 Å². The second-order valence-electron chi connectivity index (χ2n) is 7.57. The summed E-state index contributed by atoms with van der Waals surface area (Å²) >= 11 is 0. The molecule has 1 aromatic carbocycles. The van der Waals surface area contributed by atoms with Crippen LogP contribution in [0.2, 0.25) is 0 Å². The van der Waals surface area contributed by atoms with E-state index in [2.05, 4.69) is 13.8 Å². The molecule has 0 aromatic heterocycles. The molecule has 2 saturated heterocycles. The summed E-state index contributed by atoms with van der Waals surface area (Å²) in [6.07, 6.45) is 4.56. The first-order valence-corrected chi connectivity index (χ1v) is 9.23. The standard InChI is InChI=1S/C20H28N2O2/c1-15-5-3-11-21(13-15)19(23)17-7-9-18(10-8-17)20(24)22-12-4-6-16(2)14-22/h7-10,15-16H,3-6,11-14H2,1-2H3. The van der Waals surface area contributed by atoms with Crippen LogP contribution in [-0.4, -0.2) is 47.8 Å². The minimum absolute atomic E-state index is 0.0899. The van der Waals surface area contributed by atoms with E-state index in [0.29, 0.717) is 23.0 Å².